The molecule has 0 spiro atoms. The molecule has 0 atom stereocenters. The zero-order valence-corrected chi connectivity index (χ0v) is 8.84. The Kier molecular flexibility index (Phi) is 2.03. The Balaban J connectivity index is 2.63. The summed E-state index contributed by atoms with van der Waals surface area (Å²) in [6.07, 6.45) is 0. The fraction of sp³-hybridized carbons (Fsp3) is 0.111. The van der Waals surface area contributed by atoms with Gasteiger partial charge in [0.2, 0.25) is 0 Å². The molecule has 5 heteroatoms. The molecule has 0 unspecified atom stereocenters. The van der Waals surface area contributed by atoms with Gasteiger partial charge in [0.1, 0.15) is 5.75 Å². The van der Waals surface area contributed by atoms with Crippen LogP contribution in [0.25, 0.3) is 0 Å². The standard InChI is InChI=1S/C9H6BrNO3/c1-14-5-3-2-4-7(6(5)10)11-9(13)8(4)12/h2-3H,1H3,(H,11,12,13). The fourth-order valence-electron chi connectivity index (χ4n) is 1.32. The first-order chi connectivity index (χ1) is 6.65. The fourth-order valence-corrected chi connectivity index (χ4v) is 1.93. The van der Waals surface area contributed by atoms with Crippen molar-refractivity contribution in [2.45, 2.75) is 0 Å². The highest BCUT2D eigenvalue weighted by Crippen LogP contribution is 2.38. The highest BCUT2D eigenvalue weighted by molar-refractivity contribution is 9.10. The van der Waals surface area contributed by atoms with E-state index in [-0.39, 0.29) is 0 Å². The van der Waals surface area contributed by atoms with E-state index in [0.29, 0.717) is 21.5 Å². The lowest BCUT2D eigenvalue weighted by Crippen LogP contribution is -2.12. The third-order valence-corrected chi connectivity index (χ3v) is 2.80. The minimum absolute atomic E-state index is 0.377. The molecule has 0 radical (unpaired) electrons. The average molecular weight is 256 g/mol. The number of amides is 1. The molecular formula is C9H6BrNO3. The van der Waals surface area contributed by atoms with Crippen molar-refractivity contribution in [3.8, 4) is 5.75 Å². The van der Waals surface area contributed by atoms with Gasteiger partial charge in [-0.05, 0) is 28.1 Å². The highest BCUT2D eigenvalue weighted by Gasteiger charge is 2.30. The van der Waals surface area contributed by atoms with Gasteiger partial charge in [0.25, 0.3) is 11.7 Å². The summed E-state index contributed by atoms with van der Waals surface area (Å²) in [6, 6.07) is 3.21. The Bertz CT molecular complexity index is 442. The van der Waals surface area contributed by atoms with Crippen LogP contribution in [0, 0.1) is 0 Å². The van der Waals surface area contributed by atoms with E-state index in [1.165, 1.54) is 7.11 Å². The van der Waals surface area contributed by atoms with E-state index in [0.717, 1.165) is 0 Å². The van der Waals surface area contributed by atoms with Crippen LogP contribution in [0.2, 0.25) is 0 Å². The van der Waals surface area contributed by atoms with Crippen molar-refractivity contribution in [1.29, 1.82) is 0 Å². The number of halogens is 1. The average Bonchev–Trinajstić information content (AvgIpc) is 2.46. The van der Waals surface area contributed by atoms with Gasteiger partial charge in [-0.1, -0.05) is 0 Å². The third kappa shape index (κ3) is 1.13. The topological polar surface area (TPSA) is 55.4 Å². The number of ketones is 1. The first-order valence-electron chi connectivity index (χ1n) is 3.87. The molecule has 1 aromatic rings. The molecule has 14 heavy (non-hydrogen) atoms. The van der Waals surface area contributed by atoms with E-state index in [4.69, 9.17) is 4.74 Å². The maximum Gasteiger partial charge on any atom is 0.296 e. The quantitative estimate of drug-likeness (QED) is 0.776. The summed E-state index contributed by atoms with van der Waals surface area (Å²) in [5, 5.41) is 2.47. The number of anilines is 1. The number of methoxy groups -OCH3 is 1. The summed E-state index contributed by atoms with van der Waals surface area (Å²) in [4.78, 5) is 22.3. The second-order valence-electron chi connectivity index (χ2n) is 2.79. The SMILES string of the molecule is COc1ccc2c(c1Br)NC(=O)C2=O. The molecule has 1 amide bonds. The van der Waals surface area contributed by atoms with Gasteiger partial charge < -0.3 is 10.1 Å². The lowest BCUT2D eigenvalue weighted by atomic mass is 10.1. The van der Waals surface area contributed by atoms with Crippen LogP contribution < -0.4 is 10.1 Å². The molecule has 0 saturated carbocycles. The Morgan fingerprint density at radius 3 is 2.71 bits per heavy atom. The second kappa shape index (κ2) is 3.09. The van der Waals surface area contributed by atoms with E-state index in [9.17, 15) is 9.59 Å². The summed E-state index contributed by atoms with van der Waals surface area (Å²) in [5.74, 6) is -0.531. The summed E-state index contributed by atoms with van der Waals surface area (Å²) >= 11 is 3.26. The lowest BCUT2D eigenvalue weighted by Gasteiger charge is -2.06. The van der Waals surface area contributed by atoms with Crippen molar-refractivity contribution in [3.05, 3.63) is 22.2 Å². The number of fused-ring (bicyclic) bond motifs is 1. The number of hydrogen-bond acceptors (Lipinski definition) is 3. The van der Waals surface area contributed by atoms with Gasteiger partial charge in [0.15, 0.2) is 0 Å². The summed E-state index contributed by atoms with van der Waals surface area (Å²) in [7, 11) is 1.52. The Morgan fingerprint density at radius 1 is 1.36 bits per heavy atom. The van der Waals surface area contributed by atoms with Crippen molar-refractivity contribution < 1.29 is 14.3 Å². The molecule has 1 aromatic carbocycles. The molecule has 72 valence electrons. The third-order valence-electron chi connectivity index (χ3n) is 2.02. The molecule has 0 aliphatic carbocycles. The van der Waals surface area contributed by atoms with Crippen LogP contribution in [0.4, 0.5) is 5.69 Å². The van der Waals surface area contributed by atoms with E-state index in [1.807, 2.05) is 0 Å². The highest BCUT2D eigenvalue weighted by atomic mass is 79.9. The smallest absolute Gasteiger partial charge is 0.296 e. The normalized spacial score (nSPS) is 13.9. The van der Waals surface area contributed by atoms with Crippen LogP contribution in [-0.4, -0.2) is 18.8 Å². The Morgan fingerprint density at radius 2 is 2.07 bits per heavy atom. The molecule has 2 rings (SSSR count). The number of ether oxygens (including phenoxy) is 1. The van der Waals surface area contributed by atoms with E-state index < -0.39 is 11.7 Å². The van der Waals surface area contributed by atoms with E-state index >= 15 is 0 Å². The number of hydrogen-bond donors (Lipinski definition) is 1. The maximum atomic E-state index is 11.3. The molecular weight excluding hydrogens is 250 g/mol. The first-order valence-corrected chi connectivity index (χ1v) is 4.66. The van der Waals surface area contributed by atoms with Gasteiger partial charge in [-0.2, -0.15) is 0 Å². The summed E-state index contributed by atoms with van der Waals surface area (Å²) < 4.78 is 5.63. The first kappa shape index (κ1) is 9.21. The molecule has 1 aliphatic heterocycles. The largest absolute Gasteiger partial charge is 0.495 e. The summed E-state index contributed by atoms with van der Waals surface area (Å²) in [5.41, 5.74) is 0.863. The van der Waals surface area contributed by atoms with Gasteiger partial charge in [-0.25, -0.2) is 0 Å². The van der Waals surface area contributed by atoms with E-state index in [1.54, 1.807) is 12.1 Å². The van der Waals surface area contributed by atoms with Crippen molar-refractivity contribution in [1.82, 2.24) is 0 Å². The van der Waals surface area contributed by atoms with Gasteiger partial charge in [-0.3, -0.25) is 9.59 Å². The molecule has 1 N–H and O–H groups in total. The molecule has 0 fully saturated rings. The number of Topliss-reactive ketones (excluding diaryl/α,β-unsaturated/α-hetero) is 1. The van der Waals surface area contributed by atoms with Crippen LogP contribution in [0.1, 0.15) is 10.4 Å². The minimum atomic E-state index is -0.603. The number of carbonyl (C=O) groups excluding carboxylic acids is 2. The van der Waals surface area contributed by atoms with Crippen LogP contribution in [0.3, 0.4) is 0 Å². The zero-order chi connectivity index (χ0) is 10.3. The molecule has 1 aliphatic rings. The van der Waals surface area contributed by atoms with Crippen molar-refractivity contribution in [2.24, 2.45) is 0 Å². The van der Waals surface area contributed by atoms with Crippen molar-refractivity contribution in [3.63, 3.8) is 0 Å². The molecule has 0 aromatic heterocycles. The Hall–Kier alpha value is -1.36. The van der Waals surface area contributed by atoms with Crippen LogP contribution in [0.5, 0.6) is 5.75 Å². The number of benzene rings is 1. The second-order valence-corrected chi connectivity index (χ2v) is 3.58. The van der Waals surface area contributed by atoms with Gasteiger partial charge in [0.05, 0.1) is 22.8 Å². The Labute approximate surface area is 88.4 Å². The lowest BCUT2D eigenvalue weighted by molar-refractivity contribution is -0.112. The van der Waals surface area contributed by atoms with Crippen molar-refractivity contribution >= 4 is 33.3 Å². The molecule has 0 bridgehead atoms. The zero-order valence-electron chi connectivity index (χ0n) is 7.26. The van der Waals surface area contributed by atoms with Gasteiger partial charge >= 0.3 is 0 Å². The monoisotopic (exact) mass is 255 g/mol. The van der Waals surface area contributed by atoms with Crippen molar-refractivity contribution in [2.75, 3.05) is 12.4 Å². The maximum absolute atomic E-state index is 11.3. The predicted molar refractivity (Wildman–Crippen MR) is 53.7 cm³/mol. The van der Waals surface area contributed by atoms with Crippen LogP contribution in [-0.2, 0) is 4.79 Å². The number of carbonyl (C=O) groups is 2. The van der Waals surface area contributed by atoms with E-state index in [2.05, 4.69) is 21.2 Å². The van der Waals surface area contributed by atoms with Crippen LogP contribution >= 0.6 is 15.9 Å². The van der Waals surface area contributed by atoms with Crippen LogP contribution in [0.15, 0.2) is 16.6 Å². The molecule has 4 nitrogen and oxygen atoms in total. The summed E-state index contributed by atoms with van der Waals surface area (Å²) in [6.45, 7) is 0. The number of nitrogens with one attached hydrogen (secondary N) is 1. The van der Waals surface area contributed by atoms with Gasteiger partial charge in [0, 0.05) is 0 Å². The molecule has 1 heterocycles. The van der Waals surface area contributed by atoms with Gasteiger partial charge in [-0.15, -0.1) is 0 Å². The predicted octanol–water partition coefficient (Wildman–Crippen LogP) is 1.59. The minimum Gasteiger partial charge on any atom is -0.495 e. The number of rotatable bonds is 1. The molecule has 0 saturated heterocycles.